The Morgan fingerprint density at radius 1 is 0.857 bits per heavy atom. The first-order valence-corrected chi connectivity index (χ1v) is 7.25. The molecule has 0 aliphatic carbocycles. The third-order valence-corrected chi connectivity index (χ3v) is 3.03. The van der Waals surface area contributed by atoms with Crippen LogP contribution in [-0.2, 0) is 15.6 Å². The van der Waals surface area contributed by atoms with Gasteiger partial charge in [-0.2, -0.15) is 35.1 Å². The number of halogens is 8. The van der Waals surface area contributed by atoms with E-state index in [-0.39, 0.29) is 12.5 Å². The number of rotatable bonds is 7. The van der Waals surface area contributed by atoms with E-state index in [0.29, 0.717) is 6.20 Å². The van der Waals surface area contributed by atoms with Crippen molar-refractivity contribution in [1.29, 1.82) is 0 Å². The number of hydrogen-bond donors (Lipinski definition) is 1. The Bertz CT molecular complexity index is 828. The number of nitrogen functional groups attached to an aromatic ring is 1. The van der Waals surface area contributed by atoms with Crippen LogP contribution >= 0.6 is 0 Å². The highest BCUT2D eigenvalue weighted by Crippen LogP contribution is 2.46. The van der Waals surface area contributed by atoms with Crippen LogP contribution < -0.4 is 5.73 Å². The highest BCUT2D eigenvalue weighted by molar-refractivity contribution is 5.57. The van der Waals surface area contributed by atoms with Crippen molar-refractivity contribution < 1.29 is 44.6 Å². The maximum atomic E-state index is 14.1. The van der Waals surface area contributed by atoms with Gasteiger partial charge in [0, 0.05) is 12.5 Å². The van der Waals surface area contributed by atoms with Gasteiger partial charge in [0.25, 0.3) is 0 Å². The molecule has 5 nitrogen and oxygen atoms in total. The van der Waals surface area contributed by atoms with Gasteiger partial charge in [-0.3, -0.25) is 0 Å². The quantitative estimate of drug-likeness (QED) is 0.667. The first kappa shape index (κ1) is 21.8. The van der Waals surface area contributed by atoms with E-state index in [1.165, 1.54) is 24.3 Å². The molecule has 0 saturated carbocycles. The molecule has 0 unspecified atom stereocenters. The van der Waals surface area contributed by atoms with Gasteiger partial charge >= 0.3 is 24.4 Å². The monoisotopic (exact) mass is 417 g/mol. The van der Waals surface area contributed by atoms with Crippen molar-refractivity contribution in [3.63, 3.8) is 0 Å². The molecule has 0 atom stereocenters. The summed E-state index contributed by atoms with van der Waals surface area (Å²) >= 11 is 0. The van der Waals surface area contributed by atoms with Crippen LogP contribution in [0.25, 0.3) is 11.4 Å². The van der Waals surface area contributed by atoms with Crippen molar-refractivity contribution in [1.82, 2.24) is 9.97 Å². The van der Waals surface area contributed by atoms with E-state index >= 15 is 0 Å². The second-order valence-corrected chi connectivity index (χ2v) is 5.43. The SMILES string of the molecule is CC(F)(F)OC(F)(F)C(F)(F)OC(F)(F)c1nc(-c2ccccc2)ncc1N. The molecule has 2 rings (SSSR count). The number of anilines is 1. The average Bonchev–Trinajstić information content (AvgIpc) is 2.52. The molecule has 0 amide bonds. The van der Waals surface area contributed by atoms with Crippen molar-refractivity contribution in [3.05, 3.63) is 42.2 Å². The minimum absolute atomic E-state index is 0.172. The van der Waals surface area contributed by atoms with E-state index in [1.807, 2.05) is 0 Å². The molecule has 0 saturated heterocycles. The second-order valence-electron chi connectivity index (χ2n) is 5.43. The Morgan fingerprint density at radius 2 is 1.39 bits per heavy atom. The molecule has 0 radical (unpaired) electrons. The van der Waals surface area contributed by atoms with Gasteiger partial charge in [0.05, 0.1) is 11.9 Å². The van der Waals surface area contributed by atoms with E-state index in [9.17, 15) is 35.1 Å². The zero-order chi connectivity index (χ0) is 21.4. The Kier molecular flexibility index (Phi) is 5.54. The molecule has 0 fully saturated rings. The Balaban J connectivity index is 2.38. The molecule has 2 N–H and O–H groups in total. The summed E-state index contributed by atoms with van der Waals surface area (Å²) in [6, 6.07) is 7.31. The fourth-order valence-corrected chi connectivity index (χ4v) is 1.90. The largest absolute Gasteiger partial charge is 0.453 e. The summed E-state index contributed by atoms with van der Waals surface area (Å²) in [5, 5.41) is 0. The van der Waals surface area contributed by atoms with Gasteiger partial charge in [0.1, 0.15) is 0 Å². The molecule has 1 aromatic carbocycles. The fourth-order valence-electron chi connectivity index (χ4n) is 1.90. The number of alkyl halides is 8. The maximum Gasteiger partial charge on any atom is 0.453 e. The van der Waals surface area contributed by atoms with Crippen LogP contribution in [0.4, 0.5) is 40.8 Å². The van der Waals surface area contributed by atoms with E-state index in [2.05, 4.69) is 19.4 Å². The summed E-state index contributed by atoms with van der Waals surface area (Å²) in [5.74, 6) is -0.403. The zero-order valence-electron chi connectivity index (χ0n) is 13.8. The van der Waals surface area contributed by atoms with E-state index < -0.39 is 41.6 Å². The summed E-state index contributed by atoms with van der Waals surface area (Å²) in [6.07, 6.45) is -21.6. The van der Waals surface area contributed by atoms with Crippen LogP contribution in [0.2, 0.25) is 0 Å². The number of nitrogens with two attached hydrogens (primary N) is 1. The molecule has 2 aromatic rings. The predicted octanol–water partition coefficient (Wildman–Crippen LogP) is 4.61. The van der Waals surface area contributed by atoms with Crippen LogP contribution in [0.3, 0.4) is 0 Å². The fraction of sp³-hybridized carbons (Fsp3) is 0.333. The van der Waals surface area contributed by atoms with Crippen LogP contribution in [-0.4, -0.2) is 28.3 Å². The standard InChI is InChI=1S/C15H11F8N3O2/c1-12(16,17)27-14(20,21)15(22,23)28-13(18,19)10-9(24)7-25-11(26-10)8-5-3-2-4-6-8/h2-7H,24H2,1H3. The number of ether oxygens (including phenoxy) is 2. The van der Waals surface area contributed by atoms with Crippen LogP contribution in [0.5, 0.6) is 0 Å². The molecular weight excluding hydrogens is 406 g/mol. The van der Waals surface area contributed by atoms with Gasteiger partial charge in [-0.25, -0.2) is 19.4 Å². The summed E-state index contributed by atoms with van der Waals surface area (Å²) in [4.78, 5) is 6.91. The third kappa shape index (κ3) is 4.84. The normalized spacial score (nSPS) is 13.6. The summed E-state index contributed by atoms with van der Waals surface area (Å²) in [6.45, 7) is -0.288. The van der Waals surface area contributed by atoms with Crippen molar-refractivity contribution in [3.8, 4) is 11.4 Å². The zero-order valence-corrected chi connectivity index (χ0v) is 13.8. The van der Waals surface area contributed by atoms with Gasteiger partial charge < -0.3 is 5.73 Å². The highest BCUT2D eigenvalue weighted by atomic mass is 19.3. The van der Waals surface area contributed by atoms with Gasteiger partial charge in [-0.05, 0) is 0 Å². The minimum Gasteiger partial charge on any atom is -0.396 e. The van der Waals surface area contributed by atoms with Crippen molar-refractivity contribution in [2.75, 3.05) is 5.73 Å². The van der Waals surface area contributed by atoms with E-state index in [1.54, 1.807) is 6.07 Å². The lowest BCUT2D eigenvalue weighted by molar-refractivity contribution is -0.514. The van der Waals surface area contributed by atoms with Gasteiger partial charge in [-0.1, -0.05) is 30.3 Å². The maximum absolute atomic E-state index is 14.1. The molecule has 28 heavy (non-hydrogen) atoms. The van der Waals surface area contributed by atoms with Crippen molar-refractivity contribution >= 4 is 5.69 Å². The molecule has 0 bridgehead atoms. The smallest absolute Gasteiger partial charge is 0.396 e. The van der Waals surface area contributed by atoms with E-state index in [0.717, 1.165) is 0 Å². The number of aromatic nitrogens is 2. The summed E-state index contributed by atoms with van der Waals surface area (Å²) in [7, 11) is 0. The summed E-state index contributed by atoms with van der Waals surface area (Å²) < 4.78 is 112. The lowest BCUT2D eigenvalue weighted by Crippen LogP contribution is -2.50. The van der Waals surface area contributed by atoms with Crippen LogP contribution in [0.15, 0.2) is 36.5 Å². The Hall–Kier alpha value is -2.54. The molecule has 1 aromatic heterocycles. The van der Waals surface area contributed by atoms with Crippen molar-refractivity contribution in [2.45, 2.75) is 31.4 Å². The molecule has 1 heterocycles. The molecule has 0 spiro atoms. The van der Waals surface area contributed by atoms with Gasteiger partial charge in [-0.15, -0.1) is 0 Å². The molecule has 0 aliphatic heterocycles. The third-order valence-electron chi connectivity index (χ3n) is 3.03. The predicted molar refractivity (Wildman–Crippen MR) is 78.5 cm³/mol. The molecular formula is C15H11F8N3O2. The number of benzene rings is 1. The Labute approximate surface area is 152 Å². The lowest BCUT2D eigenvalue weighted by Gasteiger charge is -2.30. The average molecular weight is 417 g/mol. The van der Waals surface area contributed by atoms with Crippen LogP contribution in [0, 0.1) is 0 Å². The van der Waals surface area contributed by atoms with Crippen molar-refractivity contribution in [2.24, 2.45) is 0 Å². The van der Waals surface area contributed by atoms with Crippen LogP contribution in [0.1, 0.15) is 12.6 Å². The molecule has 0 aliphatic rings. The second kappa shape index (κ2) is 7.13. The van der Waals surface area contributed by atoms with Gasteiger partial charge in [0.2, 0.25) is 0 Å². The summed E-state index contributed by atoms with van der Waals surface area (Å²) in [5.41, 5.74) is 2.75. The number of hydrogen-bond acceptors (Lipinski definition) is 5. The number of nitrogens with zero attached hydrogens (tertiary/aromatic N) is 2. The minimum atomic E-state index is -6.17. The van der Waals surface area contributed by atoms with E-state index in [4.69, 9.17) is 5.73 Å². The van der Waals surface area contributed by atoms with Gasteiger partial charge in [0.15, 0.2) is 11.5 Å². The first-order chi connectivity index (χ1) is 12.6. The topological polar surface area (TPSA) is 70.3 Å². The lowest BCUT2D eigenvalue weighted by atomic mass is 10.2. The molecule has 13 heteroatoms. The first-order valence-electron chi connectivity index (χ1n) is 7.25. The Morgan fingerprint density at radius 3 is 1.93 bits per heavy atom. The highest BCUT2D eigenvalue weighted by Gasteiger charge is 2.67. The molecule has 154 valence electrons.